The van der Waals surface area contributed by atoms with E-state index in [1.807, 2.05) is 48.5 Å². The van der Waals surface area contributed by atoms with Gasteiger partial charge >= 0.3 is 0 Å². The van der Waals surface area contributed by atoms with Crippen molar-refractivity contribution < 1.29 is 0 Å². The fraction of sp³-hybridized carbons (Fsp3) is 0.0667. The van der Waals surface area contributed by atoms with Gasteiger partial charge in [0.2, 0.25) is 0 Å². The Bertz CT molecular complexity index is 695. The van der Waals surface area contributed by atoms with Gasteiger partial charge in [0.15, 0.2) is 0 Å². The molecule has 0 radical (unpaired) electrons. The molecule has 0 aliphatic carbocycles. The van der Waals surface area contributed by atoms with Crippen molar-refractivity contribution >= 4 is 17.3 Å². The van der Waals surface area contributed by atoms with E-state index in [1.165, 1.54) is 6.33 Å². The smallest absolute Gasteiger partial charge is 0.138 e. The normalized spacial score (nSPS) is 10.4. The molecule has 100 valence electrons. The Balaban J connectivity index is 1.84. The molecule has 5 heteroatoms. The fourth-order valence-corrected chi connectivity index (χ4v) is 2.19. The number of aromatic nitrogens is 3. The Morgan fingerprint density at radius 1 is 1.05 bits per heavy atom. The van der Waals surface area contributed by atoms with Gasteiger partial charge in [0.1, 0.15) is 12.7 Å². The van der Waals surface area contributed by atoms with Gasteiger partial charge in [-0.1, -0.05) is 41.9 Å². The Morgan fingerprint density at radius 3 is 2.65 bits per heavy atom. The maximum Gasteiger partial charge on any atom is 0.138 e. The molecule has 0 atom stereocenters. The van der Waals surface area contributed by atoms with Crippen molar-refractivity contribution in [1.82, 2.24) is 14.8 Å². The number of para-hydroxylation sites is 2. The molecule has 0 amide bonds. The molecular weight excluding hydrogens is 272 g/mol. The Kier molecular flexibility index (Phi) is 3.65. The second-order valence-electron chi connectivity index (χ2n) is 4.30. The van der Waals surface area contributed by atoms with Crippen molar-refractivity contribution in [2.75, 3.05) is 5.32 Å². The predicted octanol–water partition coefficient (Wildman–Crippen LogP) is 3.53. The zero-order valence-electron chi connectivity index (χ0n) is 10.7. The summed E-state index contributed by atoms with van der Waals surface area (Å²) in [6, 6.07) is 15.8. The molecule has 0 fully saturated rings. The van der Waals surface area contributed by atoms with Crippen molar-refractivity contribution in [2.45, 2.75) is 6.54 Å². The van der Waals surface area contributed by atoms with E-state index in [2.05, 4.69) is 15.4 Å². The Labute approximate surface area is 122 Å². The summed E-state index contributed by atoms with van der Waals surface area (Å²) in [7, 11) is 0. The molecule has 3 rings (SSSR count). The lowest BCUT2D eigenvalue weighted by atomic mass is 10.2. The van der Waals surface area contributed by atoms with Crippen LogP contribution in [0.3, 0.4) is 0 Å². The topological polar surface area (TPSA) is 42.7 Å². The lowest BCUT2D eigenvalue weighted by Gasteiger charge is -2.12. The van der Waals surface area contributed by atoms with E-state index < -0.39 is 0 Å². The first-order valence-electron chi connectivity index (χ1n) is 6.26. The number of nitrogens with one attached hydrogen (secondary N) is 1. The molecule has 1 heterocycles. The summed E-state index contributed by atoms with van der Waals surface area (Å²) in [5.74, 6) is 0. The standard InChI is InChI=1S/C15H13ClN4/c16-13-6-2-1-5-12(13)9-18-14-7-3-4-8-15(14)20-11-17-10-19-20/h1-8,10-11,18H,9H2. The van der Waals surface area contributed by atoms with E-state index in [0.717, 1.165) is 22.0 Å². The quantitative estimate of drug-likeness (QED) is 0.797. The molecule has 0 saturated carbocycles. The molecule has 0 unspecified atom stereocenters. The zero-order valence-corrected chi connectivity index (χ0v) is 11.5. The van der Waals surface area contributed by atoms with Gasteiger partial charge in [0.05, 0.1) is 11.4 Å². The van der Waals surface area contributed by atoms with Crippen LogP contribution < -0.4 is 5.32 Å². The molecular formula is C15H13ClN4. The molecule has 1 N–H and O–H groups in total. The number of nitrogens with zero attached hydrogens (tertiary/aromatic N) is 3. The fourth-order valence-electron chi connectivity index (χ4n) is 1.99. The lowest BCUT2D eigenvalue weighted by Crippen LogP contribution is -2.05. The van der Waals surface area contributed by atoms with E-state index >= 15 is 0 Å². The summed E-state index contributed by atoms with van der Waals surface area (Å²) < 4.78 is 1.73. The minimum atomic E-state index is 0.658. The molecule has 20 heavy (non-hydrogen) atoms. The number of anilines is 1. The van der Waals surface area contributed by atoms with Crippen LogP contribution in [0.1, 0.15) is 5.56 Å². The molecule has 4 nitrogen and oxygen atoms in total. The lowest BCUT2D eigenvalue weighted by molar-refractivity contribution is 0.878. The van der Waals surface area contributed by atoms with Crippen LogP contribution in [0.15, 0.2) is 61.2 Å². The minimum Gasteiger partial charge on any atom is -0.379 e. The minimum absolute atomic E-state index is 0.658. The summed E-state index contributed by atoms with van der Waals surface area (Å²) in [6.07, 6.45) is 3.20. The van der Waals surface area contributed by atoms with Crippen molar-refractivity contribution in [3.63, 3.8) is 0 Å². The molecule has 1 aromatic heterocycles. The van der Waals surface area contributed by atoms with Gasteiger partial charge in [-0.05, 0) is 23.8 Å². The van der Waals surface area contributed by atoms with Crippen LogP contribution in [-0.2, 0) is 6.54 Å². The number of benzene rings is 2. The van der Waals surface area contributed by atoms with Crippen molar-refractivity contribution in [3.8, 4) is 5.69 Å². The summed E-state index contributed by atoms with van der Waals surface area (Å²) in [5.41, 5.74) is 3.00. The molecule has 0 aliphatic rings. The molecule has 0 saturated heterocycles. The third-order valence-corrected chi connectivity index (χ3v) is 3.37. The molecule has 2 aromatic carbocycles. The van der Waals surface area contributed by atoms with Crippen LogP contribution in [0.25, 0.3) is 5.69 Å². The van der Waals surface area contributed by atoms with E-state index in [4.69, 9.17) is 11.6 Å². The summed E-state index contributed by atoms with van der Waals surface area (Å²) in [5, 5.41) is 8.31. The second-order valence-corrected chi connectivity index (χ2v) is 4.71. The monoisotopic (exact) mass is 284 g/mol. The summed E-state index contributed by atoms with van der Waals surface area (Å²) in [4.78, 5) is 3.98. The third kappa shape index (κ3) is 2.65. The van der Waals surface area contributed by atoms with Gasteiger partial charge in [-0.2, -0.15) is 5.10 Å². The van der Waals surface area contributed by atoms with E-state index in [1.54, 1.807) is 11.0 Å². The third-order valence-electron chi connectivity index (χ3n) is 3.00. The van der Waals surface area contributed by atoms with Gasteiger partial charge in [0.25, 0.3) is 0 Å². The van der Waals surface area contributed by atoms with Gasteiger partial charge < -0.3 is 5.32 Å². The summed E-state index contributed by atoms with van der Waals surface area (Å²) >= 11 is 6.16. The van der Waals surface area contributed by atoms with Crippen LogP contribution in [0.2, 0.25) is 5.02 Å². The van der Waals surface area contributed by atoms with Crippen LogP contribution in [0, 0.1) is 0 Å². The van der Waals surface area contributed by atoms with Crippen molar-refractivity contribution in [3.05, 3.63) is 71.8 Å². The van der Waals surface area contributed by atoms with E-state index in [-0.39, 0.29) is 0 Å². The SMILES string of the molecule is Clc1ccccc1CNc1ccccc1-n1cncn1. The number of halogens is 1. The zero-order chi connectivity index (χ0) is 13.8. The predicted molar refractivity (Wildman–Crippen MR) is 80.1 cm³/mol. The maximum atomic E-state index is 6.16. The maximum absolute atomic E-state index is 6.16. The van der Waals surface area contributed by atoms with Crippen LogP contribution in [0.5, 0.6) is 0 Å². The van der Waals surface area contributed by atoms with Gasteiger partial charge in [0, 0.05) is 11.6 Å². The first-order valence-corrected chi connectivity index (χ1v) is 6.64. The van der Waals surface area contributed by atoms with Crippen LogP contribution in [0.4, 0.5) is 5.69 Å². The first-order chi connectivity index (χ1) is 9.84. The van der Waals surface area contributed by atoms with Gasteiger partial charge in [-0.15, -0.1) is 0 Å². The van der Waals surface area contributed by atoms with Crippen LogP contribution >= 0.6 is 11.6 Å². The van der Waals surface area contributed by atoms with Crippen molar-refractivity contribution in [1.29, 1.82) is 0 Å². The molecule has 3 aromatic rings. The number of hydrogen-bond acceptors (Lipinski definition) is 3. The number of hydrogen-bond donors (Lipinski definition) is 1. The van der Waals surface area contributed by atoms with Crippen molar-refractivity contribution in [2.24, 2.45) is 0 Å². The highest BCUT2D eigenvalue weighted by molar-refractivity contribution is 6.31. The highest BCUT2D eigenvalue weighted by atomic mass is 35.5. The average molecular weight is 285 g/mol. The largest absolute Gasteiger partial charge is 0.379 e. The highest BCUT2D eigenvalue weighted by Gasteiger charge is 2.05. The average Bonchev–Trinajstić information content (AvgIpc) is 3.01. The van der Waals surface area contributed by atoms with Gasteiger partial charge in [-0.3, -0.25) is 0 Å². The highest BCUT2D eigenvalue weighted by Crippen LogP contribution is 2.21. The Morgan fingerprint density at radius 2 is 1.85 bits per heavy atom. The van der Waals surface area contributed by atoms with Crippen LogP contribution in [-0.4, -0.2) is 14.8 Å². The first kappa shape index (κ1) is 12.7. The molecule has 0 bridgehead atoms. The number of rotatable bonds is 4. The molecule has 0 spiro atoms. The van der Waals surface area contributed by atoms with E-state index in [0.29, 0.717) is 6.54 Å². The van der Waals surface area contributed by atoms with Gasteiger partial charge in [-0.25, -0.2) is 9.67 Å². The molecule has 0 aliphatic heterocycles. The second kappa shape index (κ2) is 5.75. The Hall–Kier alpha value is -2.33. The summed E-state index contributed by atoms with van der Waals surface area (Å²) in [6.45, 7) is 0.658. The van der Waals surface area contributed by atoms with E-state index in [9.17, 15) is 0 Å².